The molecule has 3 unspecified atom stereocenters. The van der Waals surface area contributed by atoms with Gasteiger partial charge in [-0.2, -0.15) is 18.3 Å². The van der Waals surface area contributed by atoms with Crippen molar-refractivity contribution in [2.45, 2.75) is 43.1 Å². The number of nitrogens with one attached hydrogen (secondary N) is 1. The Morgan fingerprint density at radius 3 is 2.71 bits per heavy atom. The predicted octanol–water partition coefficient (Wildman–Crippen LogP) is 5.45. The van der Waals surface area contributed by atoms with E-state index in [-0.39, 0.29) is 47.6 Å². The van der Waals surface area contributed by atoms with Crippen molar-refractivity contribution in [2.75, 3.05) is 6.54 Å². The number of benzene rings is 2. The SMILES string of the molecule is O=C(NCC1(O)CCC(F)CC1c1cccc(F)c1Cl)c1ccc(C(F)(F)F)cc1-n1cccn1. The zero-order valence-corrected chi connectivity index (χ0v) is 19.0. The molecule has 1 aliphatic carbocycles. The zero-order valence-electron chi connectivity index (χ0n) is 18.2. The number of hydrogen-bond donors (Lipinski definition) is 2. The number of halogens is 6. The van der Waals surface area contributed by atoms with Crippen LogP contribution in [0, 0.1) is 5.82 Å². The molecule has 1 fully saturated rings. The summed E-state index contributed by atoms with van der Waals surface area (Å²) in [6.45, 7) is -0.352. The Labute approximate surface area is 202 Å². The van der Waals surface area contributed by atoms with Gasteiger partial charge in [0.25, 0.3) is 5.91 Å². The zero-order chi connectivity index (χ0) is 25.4. The van der Waals surface area contributed by atoms with Crippen molar-refractivity contribution in [1.82, 2.24) is 15.1 Å². The van der Waals surface area contributed by atoms with E-state index >= 15 is 0 Å². The molecule has 11 heteroatoms. The molecule has 1 amide bonds. The van der Waals surface area contributed by atoms with Crippen LogP contribution in [0.1, 0.15) is 46.7 Å². The Balaban J connectivity index is 1.62. The smallest absolute Gasteiger partial charge is 0.387 e. The molecule has 0 bridgehead atoms. The van der Waals surface area contributed by atoms with Gasteiger partial charge in [0.15, 0.2) is 0 Å². The molecule has 0 radical (unpaired) electrons. The lowest BCUT2D eigenvalue weighted by Crippen LogP contribution is -2.50. The summed E-state index contributed by atoms with van der Waals surface area (Å²) in [6.07, 6.45) is -3.28. The lowest BCUT2D eigenvalue weighted by molar-refractivity contribution is -0.137. The first kappa shape index (κ1) is 25.1. The summed E-state index contributed by atoms with van der Waals surface area (Å²) in [7, 11) is 0. The third-order valence-corrected chi connectivity index (χ3v) is 6.66. The van der Waals surface area contributed by atoms with Gasteiger partial charge in [-0.25, -0.2) is 13.5 Å². The van der Waals surface area contributed by atoms with Crippen molar-refractivity contribution >= 4 is 17.5 Å². The Morgan fingerprint density at radius 2 is 2.03 bits per heavy atom. The molecule has 1 heterocycles. The summed E-state index contributed by atoms with van der Waals surface area (Å²) in [5, 5.41) is 17.6. The minimum atomic E-state index is -4.63. The summed E-state index contributed by atoms with van der Waals surface area (Å²) in [5.41, 5.74) is -2.61. The van der Waals surface area contributed by atoms with Crippen molar-refractivity contribution in [3.8, 4) is 5.69 Å². The molecule has 0 spiro atoms. The van der Waals surface area contributed by atoms with E-state index in [9.17, 15) is 31.9 Å². The maximum Gasteiger partial charge on any atom is 0.416 e. The van der Waals surface area contributed by atoms with Gasteiger partial charge in [0.05, 0.1) is 27.4 Å². The maximum atomic E-state index is 14.3. The number of hydrogen-bond acceptors (Lipinski definition) is 3. The van der Waals surface area contributed by atoms with Gasteiger partial charge in [-0.15, -0.1) is 0 Å². The van der Waals surface area contributed by atoms with Crippen LogP contribution in [0.3, 0.4) is 0 Å². The number of rotatable bonds is 5. The van der Waals surface area contributed by atoms with Crippen molar-refractivity contribution in [3.63, 3.8) is 0 Å². The van der Waals surface area contributed by atoms with Crippen LogP contribution in [0.4, 0.5) is 22.0 Å². The van der Waals surface area contributed by atoms with E-state index in [0.717, 1.165) is 28.9 Å². The Morgan fingerprint density at radius 1 is 1.26 bits per heavy atom. The average molecular weight is 514 g/mol. The second-order valence-electron chi connectivity index (χ2n) is 8.53. The number of alkyl halides is 4. The first-order valence-electron chi connectivity index (χ1n) is 10.8. The van der Waals surface area contributed by atoms with Crippen LogP contribution in [0.25, 0.3) is 5.69 Å². The second-order valence-corrected chi connectivity index (χ2v) is 8.91. The fourth-order valence-electron chi connectivity index (χ4n) is 4.42. The molecule has 35 heavy (non-hydrogen) atoms. The van der Waals surface area contributed by atoms with Gasteiger partial charge in [0.2, 0.25) is 0 Å². The van der Waals surface area contributed by atoms with Gasteiger partial charge in [0, 0.05) is 24.9 Å². The normalized spacial score (nSPS) is 22.7. The molecule has 3 aromatic rings. The van der Waals surface area contributed by atoms with Gasteiger partial charge in [-0.3, -0.25) is 4.79 Å². The van der Waals surface area contributed by atoms with Crippen LogP contribution in [0.2, 0.25) is 5.02 Å². The minimum Gasteiger partial charge on any atom is -0.387 e. The molecule has 4 rings (SSSR count). The number of aliphatic hydroxyl groups is 1. The molecule has 186 valence electrons. The lowest BCUT2D eigenvalue weighted by Gasteiger charge is -2.42. The van der Waals surface area contributed by atoms with E-state index in [2.05, 4.69) is 10.4 Å². The van der Waals surface area contributed by atoms with Gasteiger partial charge >= 0.3 is 6.18 Å². The van der Waals surface area contributed by atoms with Gasteiger partial charge < -0.3 is 10.4 Å². The molecular formula is C24H21ClF5N3O2. The number of aromatic nitrogens is 2. The summed E-state index contributed by atoms with van der Waals surface area (Å²) in [4.78, 5) is 13.0. The van der Waals surface area contributed by atoms with Crippen molar-refractivity contribution < 1.29 is 31.9 Å². The van der Waals surface area contributed by atoms with E-state index in [4.69, 9.17) is 11.6 Å². The molecule has 2 aromatic carbocycles. The monoisotopic (exact) mass is 513 g/mol. The quantitative estimate of drug-likeness (QED) is 0.446. The Kier molecular flexibility index (Phi) is 6.88. The van der Waals surface area contributed by atoms with Gasteiger partial charge in [-0.05, 0) is 55.2 Å². The van der Waals surface area contributed by atoms with Crippen LogP contribution in [-0.4, -0.2) is 39.1 Å². The topological polar surface area (TPSA) is 67.2 Å². The van der Waals surface area contributed by atoms with Crippen molar-refractivity contribution in [1.29, 1.82) is 0 Å². The molecule has 1 saturated carbocycles. The van der Waals surface area contributed by atoms with Crippen LogP contribution >= 0.6 is 11.6 Å². The fraction of sp³-hybridized carbons (Fsp3) is 0.333. The molecule has 1 aliphatic rings. The summed E-state index contributed by atoms with van der Waals surface area (Å²) in [5.74, 6) is -2.39. The average Bonchev–Trinajstić information content (AvgIpc) is 3.35. The highest BCUT2D eigenvalue weighted by Crippen LogP contribution is 2.44. The molecule has 3 atom stereocenters. The second kappa shape index (κ2) is 9.58. The lowest BCUT2D eigenvalue weighted by atomic mass is 9.71. The largest absolute Gasteiger partial charge is 0.416 e. The maximum absolute atomic E-state index is 14.3. The highest BCUT2D eigenvalue weighted by atomic mass is 35.5. The van der Waals surface area contributed by atoms with E-state index in [1.54, 1.807) is 0 Å². The minimum absolute atomic E-state index is 0.0224. The van der Waals surface area contributed by atoms with Crippen molar-refractivity contribution in [3.05, 3.63) is 82.4 Å². The van der Waals surface area contributed by atoms with Gasteiger partial charge in [-0.1, -0.05) is 23.7 Å². The van der Waals surface area contributed by atoms with Crippen LogP contribution in [0.15, 0.2) is 54.9 Å². The summed E-state index contributed by atoms with van der Waals surface area (Å²) in [6, 6.07) is 8.14. The standard InChI is InChI=1S/C24H21ClF5N3O2/c25-21-16(3-1-4-19(21)27)18-12-15(26)7-8-23(18,35)13-31-22(34)17-6-5-14(24(28,29)30)11-20(17)33-10-2-9-32-33/h1-6,9-11,15,18,35H,7-8,12-13H2,(H,31,34). The molecule has 0 aliphatic heterocycles. The van der Waals surface area contributed by atoms with Crippen LogP contribution in [-0.2, 0) is 6.18 Å². The Hall–Kier alpha value is -2.98. The number of amides is 1. The molecular weight excluding hydrogens is 493 g/mol. The molecule has 5 nitrogen and oxygen atoms in total. The molecule has 0 saturated heterocycles. The van der Waals surface area contributed by atoms with E-state index < -0.39 is 41.2 Å². The molecule has 2 N–H and O–H groups in total. The number of carbonyl (C=O) groups is 1. The van der Waals surface area contributed by atoms with E-state index in [1.807, 2.05) is 0 Å². The highest BCUT2D eigenvalue weighted by Gasteiger charge is 2.44. The first-order chi connectivity index (χ1) is 16.5. The number of carbonyl (C=O) groups excluding carboxylic acids is 1. The van der Waals surface area contributed by atoms with Crippen LogP contribution < -0.4 is 5.32 Å². The van der Waals surface area contributed by atoms with Gasteiger partial charge in [0.1, 0.15) is 12.0 Å². The van der Waals surface area contributed by atoms with E-state index in [1.165, 1.54) is 30.6 Å². The first-order valence-corrected chi connectivity index (χ1v) is 11.2. The third-order valence-electron chi connectivity index (χ3n) is 6.26. The number of nitrogens with zero attached hydrogens (tertiary/aromatic N) is 2. The molecule has 1 aromatic heterocycles. The summed E-state index contributed by atoms with van der Waals surface area (Å²) < 4.78 is 69.2. The van der Waals surface area contributed by atoms with Crippen molar-refractivity contribution in [2.24, 2.45) is 0 Å². The van der Waals surface area contributed by atoms with E-state index in [0.29, 0.717) is 0 Å². The summed E-state index contributed by atoms with van der Waals surface area (Å²) >= 11 is 6.09. The third kappa shape index (κ3) is 5.18. The van der Waals surface area contributed by atoms with Crippen LogP contribution in [0.5, 0.6) is 0 Å². The fourth-order valence-corrected chi connectivity index (χ4v) is 4.68. The highest BCUT2D eigenvalue weighted by molar-refractivity contribution is 6.31. The predicted molar refractivity (Wildman–Crippen MR) is 119 cm³/mol. The Bertz CT molecular complexity index is 1220.